The third-order valence-electron chi connectivity index (χ3n) is 8.26. The Hall–Kier alpha value is -4.96. The molecule has 0 N–H and O–H groups in total. The van der Waals surface area contributed by atoms with Gasteiger partial charge in [0, 0.05) is 40.3 Å². The standard InChI is InChI=1S/C42H30OS2/c1-27-3-7-29(8-4-27)11-13-31-15-19-35-37-21-17-33(25-41(37)44-39(35)23-31)43-34-18-22-38-36-20-16-32(24-40(36)45-42(38)26-34)14-12-30-9-5-28(2)6-10-30/h3-26H,1-2H3. The highest BCUT2D eigenvalue weighted by Gasteiger charge is 2.10. The van der Waals surface area contributed by atoms with E-state index in [1.54, 1.807) is 0 Å². The van der Waals surface area contributed by atoms with E-state index in [9.17, 15) is 0 Å². The highest BCUT2D eigenvalue weighted by molar-refractivity contribution is 7.26. The number of fused-ring (bicyclic) bond motifs is 6. The monoisotopic (exact) mass is 614 g/mol. The predicted molar refractivity (Wildman–Crippen MR) is 199 cm³/mol. The van der Waals surface area contributed by atoms with Crippen molar-refractivity contribution in [2.75, 3.05) is 0 Å². The van der Waals surface area contributed by atoms with Gasteiger partial charge in [-0.05, 0) is 84.6 Å². The molecular formula is C42H30OS2. The second-order valence-electron chi connectivity index (χ2n) is 11.6. The maximum absolute atomic E-state index is 6.42. The van der Waals surface area contributed by atoms with E-state index in [0.717, 1.165) is 11.5 Å². The fraction of sp³-hybridized carbons (Fsp3) is 0.0476. The van der Waals surface area contributed by atoms with Crippen LogP contribution in [0.3, 0.4) is 0 Å². The molecule has 2 aromatic heterocycles. The number of benzene rings is 6. The molecule has 0 aliphatic rings. The molecule has 0 amide bonds. The van der Waals surface area contributed by atoms with Crippen LogP contribution in [0.1, 0.15) is 33.4 Å². The summed E-state index contributed by atoms with van der Waals surface area (Å²) in [6.45, 7) is 4.23. The summed E-state index contributed by atoms with van der Waals surface area (Å²) in [4.78, 5) is 0. The summed E-state index contributed by atoms with van der Waals surface area (Å²) in [5.41, 5.74) is 7.39. The first-order valence-corrected chi connectivity index (χ1v) is 16.8. The number of rotatable bonds is 6. The minimum atomic E-state index is 0.859. The minimum Gasteiger partial charge on any atom is -0.457 e. The maximum atomic E-state index is 6.42. The first-order chi connectivity index (χ1) is 22.0. The van der Waals surface area contributed by atoms with E-state index in [-0.39, 0.29) is 0 Å². The van der Waals surface area contributed by atoms with Gasteiger partial charge in [0.2, 0.25) is 0 Å². The van der Waals surface area contributed by atoms with Crippen LogP contribution in [-0.2, 0) is 0 Å². The molecule has 3 heteroatoms. The summed E-state index contributed by atoms with van der Waals surface area (Å²) in [5, 5.41) is 5.11. The zero-order chi connectivity index (χ0) is 30.3. The number of thiophene rings is 2. The quantitative estimate of drug-likeness (QED) is 0.169. The van der Waals surface area contributed by atoms with Crippen LogP contribution in [0.25, 0.3) is 64.6 Å². The molecule has 0 atom stereocenters. The van der Waals surface area contributed by atoms with E-state index in [1.165, 1.54) is 73.7 Å². The number of ether oxygens (including phenoxy) is 1. The van der Waals surface area contributed by atoms with Crippen molar-refractivity contribution in [2.45, 2.75) is 13.8 Å². The highest BCUT2D eigenvalue weighted by Crippen LogP contribution is 2.40. The molecule has 0 aliphatic heterocycles. The van der Waals surface area contributed by atoms with Crippen LogP contribution in [0.4, 0.5) is 0 Å². The smallest absolute Gasteiger partial charge is 0.128 e. The van der Waals surface area contributed by atoms with E-state index in [4.69, 9.17) is 4.74 Å². The van der Waals surface area contributed by atoms with E-state index >= 15 is 0 Å². The first-order valence-electron chi connectivity index (χ1n) is 15.1. The number of hydrogen-bond donors (Lipinski definition) is 0. The van der Waals surface area contributed by atoms with E-state index in [0.29, 0.717) is 0 Å². The molecule has 0 saturated heterocycles. The normalized spacial score (nSPS) is 12.0. The average Bonchev–Trinajstić information content (AvgIpc) is 3.60. The molecule has 45 heavy (non-hydrogen) atoms. The molecule has 6 aromatic carbocycles. The van der Waals surface area contributed by atoms with Crippen LogP contribution < -0.4 is 4.74 Å². The second-order valence-corrected chi connectivity index (χ2v) is 13.8. The van der Waals surface area contributed by atoms with Crippen LogP contribution in [0, 0.1) is 13.8 Å². The Morgan fingerprint density at radius 2 is 0.711 bits per heavy atom. The fourth-order valence-corrected chi connectivity index (χ4v) is 8.12. The first kappa shape index (κ1) is 27.6. The lowest BCUT2D eigenvalue weighted by molar-refractivity contribution is 0.484. The zero-order valence-electron chi connectivity index (χ0n) is 25.1. The summed E-state index contributed by atoms with van der Waals surface area (Å²) >= 11 is 3.63. The van der Waals surface area contributed by atoms with Crippen molar-refractivity contribution >= 4 is 87.3 Å². The Kier molecular flexibility index (Phi) is 7.06. The Labute approximate surface area is 271 Å². The lowest BCUT2D eigenvalue weighted by Crippen LogP contribution is -1.83. The summed E-state index contributed by atoms with van der Waals surface area (Å²) in [6, 6.07) is 43.6. The topological polar surface area (TPSA) is 9.23 Å². The van der Waals surface area contributed by atoms with Crippen LogP contribution in [0.15, 0.2) is 121 Å². The van der Waals surface area contributed by atoms with Gasteiger partial charge in [-0.2, -0.15) is 0 Å². The molecule has 0 fully saturated rings. The number of aryl methyl sites for hydroxylation is 2. The largest absolute Gasteiger partial charge is 0.457 e. The molecule has 2 heterocycles. The van der Waals surface area contributed by atoms with E-state index in [2.05, 4.69) is 159 Å². The van der Waals surface area contributed by atoms with Gasteiger partial charge in [-0.1, -0.05) is 108 Å². The van der Waals surface area contributed by atoms with Gasteiger partial charge in [0.05, 0.1) is 0 Å². The van der Waals surface area contributed by atoms with E-state index < -0.39 is 0 Å². The van der Waals surface area contributed by atoms with Gasteiger partial charge < -0.3 is 4.74 Å². The zero-order valence-corrected chi connectivity index (χ0v) is 26.7. The molecule has 8 aromatic rings. The van der Waals surface area contributed by atoms with Crippen LogP contribution in [0.2, 0.25) is 0 Å². The van der Waals surface area contributed by atoms with Crippen molar-refractivity contribution in [3.8, 4) is 11.5 Å². The summed E-state index contributed by atoms with van der Waals surface area (Å²) in [7, 11) is 0. The van der Waals surface area contributed by atoms with Crippen molar-refractivity contribution in [1.82, 2.24) is 0 Å². The van der Waals surface area contributed by atoms with Gasteiger partial charge >= 0.3 is 0 Å². The molecule has 0 spiro atoms. The van der Waals surface area contributed by atoms with Crippen LogP contribution >= 0.6 is 22.7 Å². The molecule has 0 saturated carbocycles. The molecule has 216 valence electrons. The SMILES string of the molecule is Cc1ccc(C=Cc2ccc3c(c2)sc2cc(Oc4ccc5c(c4)sc4cc(C=Cc6ccc(C)cc6)ccc45)ccc23)cc1. The van der Waals surface area contributed by atoms with Crippen molar-refractivity contribution in [2.24, 2.45) is 0 Å². The lowest BCUT2D eigenvalue weighted by atomic mass is 10.1. The van der Waals surface area contributed by atoms with Gasteiger partial charge in [0.25, 0.3) is 0 Å². The third kappa shape index (κ3) is 5.69. The van der Waals surface area contributed by atoms with Gasteiger partial charge in [-0.3, -0.25) is 0 Å². The minimum absolute atomic E-state index is 0.859. The summed E-state index contributed by atoms with van der Waals surface area (Å²) < 4.78 is 11.5. The highest BCUT2D eigenvalue weighted by atomic mass is 32.1. The molecule has 0 unspecified atom stereocenters. The average molecular weight is 615 g/mol. The van der Waals surface area contributed by atoms with Crippen LogP contribution in [-0.4, -0.2) is 0 Å². The van der Waals surface area contributed by atoms with Crippen molar-refractivity contribution in [3.05, 3.63) is 155 Å². The number of hydrogen-bond acceptors (Lipinski definition) is 3. The van der Waals surface area contributed by atoms with Crippen molar-refractivity contribution < 1.29 is 4.74 Å². The second kappa shape index (κ2) is 11.5. The lowest BCUT2D eigenvalue weighted by Gasteiger charge is -2.06. The Bertz CT molecular complexity index is 2230. The molecule has 0 radical (unpaired) electrons. The van der Waals surface area contributed by atoms with E-state index in [1.807, 2.05) is 22.7 Å². The molecule has 0 aliphatic carbocycles. The maximum Gasteiger partial charge on any atom is 0.128 e. The third-order valence-corrected chi connectivity index (χ3v) is 10.5. The van der Waals surface area contributed by atoms with Crippen molar-refractivity contribution in [3.63, 3.8) is 0 Å². The molecule has 8 rings (SSSR count). The van der Waals surface area contributed by atoms with Crippen LogP contribution in [0.5, 0.6) is 11.5 Å². The molecule has 1 nitrogen and oxygen atoms in total. The van der Waals surface area contributed by atoms with Gasteiger partial charge in [0.1, 0.15) is 11.5 Å². The Balaban J connectivity index is 1.03. The summed E-state index contributed by atoms with van der Waals surface area (Å²) in [6.07, 6.45) is 8.73. The van der Waals surface area contributed by atoms with Crippen molar-refractivity contribution in [1.29, 1.82) is 0 Å². The Morgan fingerprint density at radius 3 is 1.13 bits per heavy atom. The van der Waals surface area contributed by atoms with Gasteiger partial charge in [-0.25, -0.2) is 0 Å². The Morgan fingerprint density at radius 1 is 0.378 bits per heavy atom. The fourth-order valence-electron chi connectivity index (χ4n) is 5.76. The summed E-state index contributed by atoms with van der Waals surface area (Å²) in [5.74, 6) is 1.72. The van der Waals surface area contributed by atoms with Gasteiger partial charge in [0.15, 0.2) is 0 Å². The van der Waals surface area contributed by atoms with Gasteiger partial charge in [-0.15, -0.1) is 22.7 Å². The molecule has 0 bridgehead atoms. The molecular weight excluding hydrogens is 585 g/mol. The predicted octanol–water partition coefficient (Wildman–Crippen LogP) is 13.2.